The van der Waals surface area contributed by atoms with Crippen LogP contribution in [0.4, 0.5) is 11.4 Å². The normalized spacial score (nSPS) is 12.6. The highest BCUT2D eigenvalue weighted by Crippen LogP contribution is 2.35. The van der Waals surface area contributed by atoms with Gasteiger partial charge < -0.3 is 14.4 Å². The first-order valence-corrected chi connectivity index (χ1v) is 11.8. The molecule has 0 radical (unpaired) electrons. The molecular weight excluding hydrogens is 402 g/mol. The highest BCUT2D eigenvalue weighted by Gasteiger charge is 2.22. The van der Waals surface area contributed by atoms with Crippen LogP contribution in [-0.2, 0) is 6.54 Å². The zero-order valence-corrected chi connectivity index (χ0v) is 19.8. The molecule has 0 spiro atoms. The van der Waals surface area contributed by atoms with Crippen molar-refractivity contribution >= 4 is 34.2 Å². The summed E-state index contributed by atoms with van der Waals surface area (Å²) in [4.78, 5) is 6.76. The van der Waals surface area contributed by atoms with Gasteiger partial charge in [0.05, 0.1) is 18.3 Å². The summed E-state index contributed by atoms with van der Waals surface area (Å²) in [6.07, 6.45) is 7.71. The van der Waals surface area contributed by atoms with Crippen LogP contribution < -0.4 is 14.4 Å². The first kappa shape index (κ1) is 23.0. The van der Waals surface area contributed by atoms with E-state index >= 15 is 0 Å². The van der Waals surface area contributed by atoms with Crippen LogP contribution in [0.15, 0.2) is 61.4 Å². The Balaban J connectivity index is 0.000000858. The molecule has 0 amide bonds. The Kier molecular flexibility index (Phi) is 8.24. The van der Waals surface area contributed by atoms with Gasteiger partial charge in [0.1, 0.15) is 5.75 Å². The van der Waals surface area contributed by atoms with Crippen molar-refractivity contribution in [3.8, 4) is 5.75 Å². The fraction of sp³-hybridized carbons (Fsp3) is 0.346. The Morgan fingerprint density at radius 1 is 1.19 bits per heavy atom. The molecule has 164 valence electrons. The van der Waals surface area contributed by atoms with Crippen LogP contribution >= 0.6 is 11.9 Å². The Morgan fingerprint density at radius 2 is 1.90 bits per heavy atom. The third kappa shape index (κ3) is 6.17. The molecule has 2 aromatic carbocycles. The smallest absolute Gasteiger partial charge is 0.121 e. The number of aromatic nitrogens is 1. The number of hydrogen-bond acceptors (Lipinski definition) is 5. The van der Waals surface area contributed by atoms with Crippen LogP contribution in [0.2, 0.25) is 0 Å². The van der Waals surface area contributed by atoms with Crippen molar-refractivity contribution in [2.45, 2.75) is 51.8 Å². The van der Waals surface area contributed by atoms with Gasteiger partial charge in [-0.2, -0.15) is 0 Å². The summed E-state index contributed by atoms with van der Waals surface area (Å²) in [5.74, 6) is 0.812. The average Bonchev–Trinajstić information content (AvgIpc) is 3.62. The Morgan fingerprint density at radius 3 is 2.52 bits per heavy atom. The highest BCUT2D eigenvalue weighted by atomic mass is 32.2. The molecular formula is C26H33N3OS. The molecule has 1 aromatic heterocycles. The topological polar surface area (TPSA) is 37.4 Å². The molecule has 1 aliphatic carbocycles. The van der Waals surface area contributed by atoms with Gasteiger partial charge in [0.2, 0.25) is 0 Å². The fourth-order valence-corrected chi connectivity index (χ4v) is 4.02. The third-order valence-corrected chi connectivity index (χ3v) is 6.07. The minimum atomic E-state index is 0.755. The largest absolute Gasteiger partial charge is 0.497 e. The maximum absolute atomic E-state index is 5.34. The van der Waals surface area contributed by atoms with Crippen molar-refractivity contribution < 1.29 is 4.74 Å². The summed E-state index contributed by atoms with van der Waals surface area (Å²) in [5, 5.41) is 1.89. The highest BCUT2D eigenvalue weighted by molar-refractivity contribution is 8.01. The minimum Gasteiger partial charge on any atom is -0.497 e. The monoisotopic (exact) mass is 435 g/mol. The van der Waals surface area contributed by atoms with E-state index in [9.17, 15) is 0 Å². The number of fused-ring (bicyclic) bond motifs is 1. The minimum absolute atomic E-state index is 0.755. The van der Waals surface area contributed by atoms with Crippen molar-refractivity contribution in [2.75, 3.05) is 16.7 Å². The maximum Gasteiger partial charge on any atom is 0.121 e. The van der Waals surface area contributed by atoms with Gasteiger partial charge in [-0.3, -0.25) is 4.98 Å². The van der Waals surface area contributed by atoms with Crippen molar-refractivity contribution in [1.29, 1.82) is 0 Å². The molecule has 3 aromatic rings. The SMILES string of the molecule is C=CN(Cc1ccc(NSC2CC2)cc1)c1c(C)cnc2cc(OC)ccc12.CCC. The molecule has 0 saturated heterocycles. The van der Waals surface area contributed by atoms with Gasteiger partial charge in [0.25, 0.3) is 0 Å². The number of methoxy groups -OCH3 is 1. The first-order chi connectivity index (χ1) is 15.1. The van der Waals surface area contributed by atoms with Gasteiger partial charge in [0, 0.05) is 35.1 Å². The van der Waals surface area contributed by atoms with Gasteiger partial charge in [-0.05, 0) is 73.3 Å². The molecule has 5 heteroatoms. The average molecular weight is 436 g/mol. The number of benzene rings is 2. The van der Waals surface area contributed by atoms with Crippen LogP contribution in [0.1, 0.15) is 44.2 Å². The van der Waals surface area contributed by atoms with E-state index < -0.39 is 0 Å². The molecule has 0 atom stereocenters. The first-order valence-electron chi connectivity index (χ1n) is 10.9. The lowest BCUT2D eigenvalue weighted by atomic mass is 10.1. The van der Waals surface area contributed by atoms with E-state index in [1.54, 1.807) is 7.11 Å². The molecule has 31 heavy (non-hydrogen) atoms. The second-order valence-electron chi connectivity index (χ2n) is 7.81. The third-order valence-electron chi connectivity index (χ3n) is 4.91. The number of nitrogens with zero attached hydrogens (tertiary/aromatic N) is 2. The lowest BCUT2D eigenvalue weighted by Crippen LogP contribution is -2.16. The summed E-state index contributed by atoms with van der Waals surface area (Å²) in [6, 6.07) is 14.7. The second kappa shape index (κ2) is 11.1. The van der Waals surface area contributed by atoms with E-state index in [4.69, 9.17) is 4.74 Å². The summed E-state index contributed by atoms with van der Waals surface area (Å²) >= 11 is 1.83. The van der Waals surface area contributed by atoms with Crippen LogP contribution in [0.25, 0.3) is 10.9 Å². The number of nitrogens with one attached hydrogen (secondary N) is 1. The lowest BCUT2D eigenvalue weighted by Gasteiger charge is -2.24. The molecule has 0 unspecified atom stereocenters. The molecule has 1 aliphatic rings. The lowest BCUT2D eigenvalue weighted by molar-refractivity contribution is 0.415. The zero-order valence-electron chi connectivity index (χ0n) is 19.0. The van der Waals surface area contributed by atoms with Crippen LogP contribution in [0.3, 0.4) is 0 Å². The summed E-state index contributed by atoms with van der Waals surface area (Å²) < 4.78 is 8.78. The van der Waals surface area contributed by atoms with E-state index in [0.29, 0.717) is 0 Å². The van der Waals surface area contributed by atoms with Crippen LogP contribution in [0, 0.1) is 6.92 Å². The Hall–Kier alpha value is -2.66. The summed E-state index contributed by atoms with van der Waals surface area (Å²) in [5.41, 5.74) is 5.57. The van der Waals surface area contributed by atoms with Gasteiger partial charge in [0.15, 0.2) is 0 Å². The van der Waals surface area contributed by atoms with E-state index in [-0.39, 0.29) is 0 Å². The number of rotatable bonds is 8. The summed E-state index contributed by atoms with van der Waals surface area (Å²) in [6.45, 7) is 11.1. The van der Waals surface area contributed by atoms with Crippen molar-refractivity contribution in [2.24, 2.45) is 0 Å². The van der Waals surface area contributed by atoms with E-state index in [1.165, 1.54) is 24.8 Å². The standard InChI is InChI=1S/C23H25N3OS.C3H8/c1-4-26(15-17-5-7-18(8-6-17)25-28-20-10-11-20)23-16(2)14-24-22-13-19(27-3)9-12-21(22)23;1-3-2/h4-9,12-14,20,25H,1,10-11,15H2,2-3H3;3H2,1-2H3. The van der Waals surface area contributed by atoms with E-state index in [1.807, 2.05) is 36.5 Å². The van der Waals surface area contributed by atoms with Gasteiger partial charge in [-0.15, -0.1) is 0 Å². The molecule has 4 nitrogen and oxygen atoms in total. The summed E-state index contributed by atoms with van der Waals surface area (Å²) in [7, 11) is 1.67. The zero-order chi connectivity index (χ0) is 22.2. The van der Waals surface area contributed by atoms with Crippen LogP contribution in [-0.4, -0.2) is 17.3 Å². The molecule has 1 fully saturated rings. The number of hydrogen-bond donors (Lipinski definition) is 1. The number of ether oxygens (including phenoxy) is 1. The second-order valence-corrected chi connectivity index (χ2v) is 8.91. The predicted molar refractivity (Wildman–Crippen MR) is 136 cm³/mol. The molecule has 1 N–H and O–H groups in total. The van der Waals surface area contributed by atoms with Crippen molar-refractivity contribution in [3.05, 3.63) is 72.6 Å². The Labute approximate surface area is 190 Å². The molecule has 1 saturated carbocycles. The van der Waals surface area contributed by atoms with Crippen LogP contribution in [0.5, 0.6) is 5.75 Å². The van der Waals surface area contributed by atoms with Gasteiger partial charge >= 0.3 is 0 Å². The number of aryl methyl sites for hydroxylation is 1. The van der Waals surface area contributed by atoms with E-state index in [2.05, 4.69) is 72.3 Å². The van der Waals surface area contributed by atoms with Crippen molar-refractivity contribution in [3.63, 3.8) is 0 Å². The van der Waals surface area contributed by atoms with Gasteiger partial charge in [-0.1, -0.05) is 39.0 Å². The number of pyridine rings is 1. The van der Waals surface area contributed by atoms with Gasteiger partial charge in [-0.25, -0.2) is 0 Å². The number of anilines is 2. The molecule has 1 heterocycles. The molecule has 4 rings (SSSR count). The molecule has 0 bridgehead atoms. The maximum atomic E-state index is 5.34. The fourth-order valence-electron chi connectivity index (χ4n) is 3.21. The van der Waals surface area contributed by atoms with E-state index in [0.717, 1.165) is 45.4 Å². The molecule has 0 aliphatic heterocycles. The van der Waals surface area contributed by atoms with Crippen molar-refractivity contribution in [1.82, 2.24) is 4.98 Å². The Bertz CT molecular complexity index is 999. The quantitative estimate of drug-likeness (QED) is 0.375. The predicted octanol–water partition coefficient (Wildman–Crippen LogP) is 7.34.